The van der Waals surface area contributed by atoms with Crippen molar-refractivity contribution in [2.45, 2.75) is 25.5 Å². The number of aliphatic hydroxyl groups is 1. The maximum atomic E-state index is 10.7. The lowest BCUT2D eigenvalue weighted by molar-refractivity contribution is -0.139. The normalized spacial score (nSPS) is 13.5. The van der Waals surface area contributed by atoms with Crippen LogP contribution in [0.3, 0.4) is 0 Å². The molecule has 0 aliphatic heterocycles. The number of carboxylic acid groups (broad SMARTS) is 1. The Morgan fingerprint density at radius 2 is 1.64 bits per heavy atom. The Balaban J connectivity index is 1.91. The van der Waals surface area contributed by atoms with E-state index in [9.17, 15) is 9.90 Å². The molecule has 0 saturated carbocycles. The van der Waals surface area contributed by atoms with Crippen molar-refractivity contribution in [1.29, 1.82) is 0 Å². The number of benzene rings is 2. The van der Waals surface area contributed by atoms with Crippen LogP contribution >= 0.6 is 0 Å². The van der Waals surface area contributed by atoms with Gasteiger partial charge in [0.2, 0.25) is 0 Å². The highest BCUT2D eigenvalue weighted by molar-refractivity contribution is 5.72. The molecule has 3 N–H and O–H groups in total. The van der Waals surface area contributed by atoms with E-state index in [1.165, 1.54) is 0 Å². The van der Waals surface area contributed by atoms with Crippen LogP contribution in [0.1, 0.15) is 25.0 Å². The molecule has 0 heterocycles. The Morgan fingerprint density at radius 3 is 2.23 bits per heavy atom. The number of hydrogen-bond acceptors (Lipinski definition) is 3. The summed E-state index contributed by atoms with van der Waals surface area (Å²) in [5, 5.41) is 21.8. The van der Waals surface area contributed by atoms with E-state index in [1.807, 2.05) is 54.6 Å². The Hall–Kier alpha value is -2.17. The van der Waals surface area contributed by atoms with Crippen LogP contribution in [0.15, 0.2) is 54.6 Å². The van der Waals surface area contributed by atoms with E-state index in [0.717, 1.165) is 16.7 Å². The Labute approximate surface area is 130 Å². The van der Waals surface area contributed by atoms with Crippen LogP contribution in [0.2, 0.25) is 0 Å². The van der Waals surface area contributed by atoms with Crippen molar-refractivity contribution in [3.63, 3.8) is 0 Å². The molecule has 0 aromatic heterocycles. The van der Waals surface area contributed by atoms with Gasteiger partial charge in [0.15, 0.2) is 0 Å². The van der Waals surface area contributed by atoms with Gasteiger partial charge in [-0.1, -0.05) is 54.6 Å². The topological polar surface area (TPSA) is 69.6 Å². The zero-order valence-corrected chi connectivity index (χ0v) is 12.6. The van der Waals surface area contributed by atoms with Crippen LogP contribution in [0.5, 0.6) is 0 Å². The maximum absolute atomic E-state index is 10.7. The van der Waals surface area contributed by atoms with Crippen LogP contribution in [0, 0.1) is 0 Å². The van der Waals surface area contributed by atoms with Gasteiger partial charge in [0, 0.05) is 0 Å². The second kappa shape index (κ2) is 7.73. The first-order valence-corrected chi connectivity index (χ1v) is 7.37. The lowest BCUT2D eigenvalue weighted by atomic mass is 10.0. The smallest absolute Gasteiger partial charge is 0.320 e. The quantitative estimate of drug-likeness (QED) is 0.735. The summed E-state index contributed by atoms with van der Waals surface area (Å²) in [5.74, 6) is -0.887. The van der Waals surface area contributed by atoms with Crippen molar-refractivity contribution in [3.05, 3.63) is 60.2 Å². The molecule has 2 aromatic carbocycles. The lowest BCUT2D eigenvalue weighted by Crippen LogP contribution is -2.34. The molecule has 2 rings (SSSR count). The Morgan fingerprint density at radius 1 is 1.05 bits per heavy atom. The molecule has 0 aliphatic carbocycles. The highest BCUT2D eigenvalue weighted by atomic mass is 16.4. The van der Waals surface area contributed by atoms with Crippen molar-refractivity contribution in [3.8, 4) is 11.1 Å². The molecular formula is C18H21NO3. The second-order valence-corrected chi connectivity index (χ2v) is 5.31. The third kappa shape index (κ3) is 4.41. The number of rotatable bonds is 7. The number of aliphatic carboxylic acids is 1. The van der Waals surface area contributed by atoms with Gasteiger partial charge in [-0.05, 0) is 36.6 Å². The second-order valence-electron chi connectivity index (χ2n) is 5.31. The molecule has 0 bridgehead atoms. The van der Waals surface area contributed by atoms with Gasteiger partial charge in [0.1, 0.15) is 6.04 Å². The number of carbonyl (C=O) groups is 1. The van der Waals surface area contributed by atoms with E-state index < -0.39 is 18.1 Å². The third-order valence-electron chi connectivity index (χ3n) is 3.64. The number of aliphatic hydroxyl groups excluding tert-OH is 1. The highest BCUT2D eigenvalue weighted by Gasteiger charge is 2.12. The maximum Gasteiger partial charge on any atom is 0.320 e. The minimum atomic E-state index is -0.887. The number of carboxylic acids is 1. The predicted octanol–water partition coefficient (Wildman–Crippen LogP) is 2.84. The van der Waals surface area contributed by atoms with E-state index in [2.05, 4.69) is 5.32 Å². The van der Waals surface area contributed by atoms with Gasteiger partial charge in [-0.3, -0.25) is 4.79 Å². The molecule has 0 fully saturated rings. The number of hydrogen-bond donors (Lipinski definition) is 3. The van der Waals surface area contributed by atoms with Crippen molar-refractivity contribution in [1.82, 2.24) is 5.32 Å². The van der Waals surface area contributed by atoms with E-state index in [1.54, 1.807) is 6.92 Å². The Bertz CT molecular complexity index is 595. The van der Waals surface area contributed by atoms with Crippen LogP contribution in [0.25, 0.3) is 11.1 Å². The largest absolute Gasteiger partial charge is 0.480 e. The van der Waals surface area contributed by atoms with Crippen molar-refractivity contribution in [2.24, 2.45) is 0 Å². The van der Waals surface area contributed by atoms with Crippen molar-refractivity contribution >= 4 is 5.97 Å². The lowest BCUT2D eigenvalue weighted by Gasteiger charge is -2.14. The first-order chi connectivity index (χ1) is 10.6. The summed E-state index contributed by atoms with van der Waals surface area (Å²) < 4.78 is 0. The summed E-state index contributed by atoms with van der Waals surface area (Å²) in [7, 11) is 0. The molecule has 4 nitrogen and oxygen atoms in total. The fraction of sp³-hybridized carbons (Fsp3) is 0.278. The molecule has 0 spiro atoms. The summed E-state index contributed by atoms with van der Waals surface area (Å²) in [6, 6.07) is 17.2. The molecular weight excluding hydrogens is 278 g/mol. The van der Waals surface area contributed by atoms with Gasteiger partial charge >= 0.3 is 5.97 Å². The van der Waals surface area contributed by atoms with Crippen LogP contribution < -0.4 is 5.32 Å². The molecule has 0 saturated heterocycles. The fourth-order valence-electron chi connectivity index (χ4n) is 2.22. The van der Waals surface area contributed by atoms with E-state index in [4.69, 9.17) is 5.11 Å². The van der Waals surface area contributed by atoms with Crippen LogP contribution in [0.4, 0.5) is 0 Å². The minimum absolute atomic E-state index is 0.453. The van der Waals surface area contributed by atoms with Gasteiger partial charge in [-0.25, -0.2) is 0 Å². The molecule has 0 amide bonds. The molecule has 22 heavy (non-hydrogen) atoms. The zero-order chi connectivity index (χ0) is 15.9. The van der Waals surface area contributed by atoms with Crippen LogP contribution in [-0.4, -0.2) is 28.8 Å². The molecule has 2 atom stereocenters. The summed E-state index contributed by atoms with van der Waals surface area (Å²) in [4.78, 5) is 10.7. The van der Waals surface area contributed by atoms with Crippen molar-refractivity contribution in [2.75, 3.05) is 6.54 Å². The van der Waals surface area contributed by atoms with Crippen LogP contribution in [-0.2, 0) is 4.79 Å². The van der Waals surface area contributed by atoms with Gasteiger partial charge in [-0.15, -0.1) is 0 Å². The van der Waals surface area contributed by atoms with Gasteiger partial charge in [0.05, 0.1) is 6.10 Å². The molecule has 4 heteroatoms. The number of nitrogens with one attached hydrogen (secondary N) is 1. The Kier molecular flexibility index (Phi) is 5.69. The standard InChI is InChI=1S/C18H21NO3/c1-13(18(21)22)19-12-11-17(20)16-9-7-15(8-10-16)14-5-3-2-4-6-14/h2-10,13,17,19-20H,11-12H2,1H3,(H,21,22). The first-order valence-electron chi connectivity index (χ1n) is 7.37. The van der Waals surface area contributed by atoms with E-state index in [-0.39, 0.29) is 0 Å². The highest BCUT2D eigenvalue weighted by Crippen LogP contribution is 2.22. The third-order valence-corrected chi connectivity index (χ3v) is 3.64. The van der Waals surface area contributed by atoms with Gasteiger partial charge in [0.25, 0.3) is 0 Å². The predicted molar refractivity (Wildman–Crippen MR) is 86.6 cm³/mol. The minimum Gasteiger partial charge on any atom is -0.480 e. The molecule has 0 aliphatic rings. The van der Waals surface area contributed by atoms with Gasteiger partial charge in [-0.2, -0.15) is 0 Å². The van der Waals surface area contributed by atoms with Crippen molar-refractivity contribution < 1.29 is 15.0 Å². The first kappa shape index (κ1) is 16.2. The molecule has 0 radical (unpaired) electrons. The SMILES string of the molecule is CC(NCCC(O)c1ccc(-c2ccccc2)cc1)C(=O)O. The fourth-order valence-corrected chi connectivity index (χ4v) is 2.22. The molecule has 116 valence electrons. The zero-order valence-electron chi connectivity index (χ0n) is 12.6. The average Bonchev–Trinajstić information content (AvgIpc) is 2.55. The summed E-state index contributed by atoms with van der Waals surface area (Å²) in [6.45, 7) is 2.04. The average molecular weight is 299 g/mol. The van der Waals surface area contributed by atoms with Gasteiger partial charge < -0.3 is 15.5 Å². The summed E-state index contributed by atoms with van der Waals surface area (Å²) in [5.41, 5.74) is 3.08. The summed E-state index contributed by atoms with van der Waals surface area (Å²) in [6.07, 6.45) is -0.124. The van der Waals surface area contributed by atoms with E-state index in [0.29, 0.717) is 13.0 Å². The summed E-state index contributed by atoms with van der Waals surface area (Å²) >= 11 is 0. The molecule has 2 unspecified atom stereocenters. The monoisotopic (exact) mass is 299 g/mol. The van der Waals surface area contributed by atoms with E-state index >= 15 is 0 Å². The molecule has 2 aromatic rings.